The van der Waals surface area contributed by atoms with Crippen LogP contribution in [0.25, 0.3) is 0 Å². The summed E-state index contributed by atoms with van der Waals surface area (Å²) in [6.07, 6.45) is 2.36. The van der Waals surface area contributed by atoms with E-state index >= 15 is 0 Å². The van der Waals surface area contributed by atoms with Crippen molar-refractivity contribution in [2.75, 3.05) is 31.7 Å². The Bertz CT molecular complexity index is 475. The molecule has 0 aliphatic carbocycles. The van der Waals surface area contributed by atoms with E-state index in [1.54, 1.807) is 12.1 Å². The largest absolute Gasteiger partial charge is 0.478 e. The number of carbonyl (C=O) groups is 2. The molecule has 0 aromatic heterocycles. The monoisotopic (exact) mass is 309 g/mol. The van der Waals surface area contributed by atoms with Gasteiger partial charge in [0.05, 0.1) is 31.8 Å². The van der Waals surface area contributed by atoms with Crippen molar-refractivity contribution in [3.63, 3.8) is 0 Å². The third-order valence-corrected chi connectivity index (χ3v) is 2.88. The van der Waals surface area contributed by atoms with Crippen LogP contribution in [0.2, 0.25) is 0 Å². The maximum atomic E-state index is 11.7. The van der Waals surface area contributed by atoms with Crippen LogP contribution in [-0.2, 0) is 14.3 Å². The topological polar surface area (TPSA) is 84.9 Å². The van der Waals surface area contributed by atoms with Gasteiger partial charge in [0.15, 0.2) is 0 Å². The zero-order chi connectivity index (χ0) is 16.2. The van der Waals surface area contributed by atoms with Gasteiger partial charge >= 0.3 is 5.97 Å². The predicted molar refractivity (Wildman–Crippen MR) is 83.2 cm³/mol. The molecule has 0 radical (unpaired) electrons. The van der Waals surface area contributed by atoms with Gasteiger partial charge in [-0.3, -0.25) is 4.79 Å². The van der Waals surface area contributed by atoms with Gasteiger partial charge in [0.25, 0.3) is 0 Å². The fraction of sp³-hybridized carbons (Fsp3) is 0.500. The van der Waals surface area contributed by atoms with Crippen molar-refractivity contribution in [2.45, 2.75) is 26.2 Å². The summed E-state index contributed by atoms with van der Waals surface area (Å²) in [5.41, 5.74) is 0.603. The predicted octanol–water partition coefficient (Wildman–Crippen LogP) is 2.55. The first kappa shape index (κ1) is 18.1. The molecule has 0 saturated carbocycles. The molecule has 6 nitrogen and oxygen atoms in total. The van der Waals surface area contributed by atoms with E-state index in [1.807, 2.05) is 0 Å². The van der Waals surface area contributed by atoms with Crippen LogP contribution < -0.4 is 5.32 Å². The fourth-order valence-corrected chi connectivity index (χ4v) is 1.69. The molecule has 22 heavy (non-hydrogen) atoms. The molecule has 0 aliphatic rings. The lowest BCUT2D eigenvalue weighted by Crippen LogP contribution is -2.15. The third-order valence-electron chi connectivity index (χ3n) is 2.88. The summed E-state index contributed by atoms with van der Waals surface area (Å²) < 4.78 is 10.6. The summed E-state index contributed by atoms with van der Waals surface area (Å²) in [5.74, 6) is -1.24. The number of nitrogens with one attached hydrogen (secondary N) is 1. The van der Waals surface area contributed by atoms with Crippen LogP contribution >= 0.6 is 0 Å². The molecule has 1 rings (SSSR count). The summed E-state index contributed by atoms with van der Waals surface area (Å²) >= 11 is 0. The number of unbranched alkanes of at least 4 members (excludes halogenated alkanes) is 1. The van der Waals surface area contributed by atoms with E-state index in [-0.39, 0.29) is 17.9 Å². The standard InChI is InChI=1S/C16H23NO5/c1-2-3-8-21-10-11-22-9-7-15(18)17-14-6-4-5-13(12-14)16(19)20/h4-6,12H,2-3,7-11H2,1H3,(H,17,18)(H,19,20). The Kier molecular flexibility index (Phi) is 8.86. The van der Waals surface area contributed by atoms with Crippen molar-refractivity contribution in [1.82, 2.24) is 0 Å². The van der Waals surface area contributed by atoms with E-state index in [0.717, 1.165) is 19.4 Å². The van der Waals surface area contributed by atoms with E-state index in [4.69, 9.17) is 14.6 Å². The summed E-state index contributed by atoms with van der Waals surface area (Å²) in [4.78, 5) is 22.5. The molecule has 2 N–H and O–H groups in total. The Morgan fingerprint density at radius 1 is 1.14 bits per heavy atom. The van der Waals surface area contributed by atoms with Crippen LogP contribution in [0, 0.1) is 0 Å². The molecule has 0 bridgehead atoms. The first-order chi connectivity index (χ1) is 10.6. The van der Waals surface area contributed by atoms with Gasteiger partial charge in [0, 0.05) is 12.3 Å². The summed E-state index contributed by atoms with van der Waals surface area (Å²) in [6.45, 7) is 4.14. The van der Waals surface area contributed by atoms with Crippen molar-refractivity contribution >= 4 is 17.6 Å². The summed E-state index contributed by atoms with van der Waals surface area (Å²) in [5, 5.41) is 11.5. The Morgan fingerprint density at radius 2 is 1.86 bits per heavy atom. The zero-order valence-electron chi connectivity index (χ0n) is 12.8. The number of hydrogen-bond donors (Lipinski definition) is 2. The molecule has 122 valence electrons. The summed E-state index contributed by atoms with van der Waals surface area (Å²) in [7, 11) is 0. The molecule has 1 aromatic rings. The second-order valence-electron chi connectivity index (χ2n) is 4.76. The zero-order valence-corrected chi connectivity index (χ0v) is 12.8. The van der Waals surface area contributed by atoms with Gasteiger partial charge in [0.1, 0.15) is 0 Å². The minimum absolute atomic E-state index is 0.137. The molecule has 1 amide bonds. The third kappa shape index (κ3) is 7.75. The lowest BCUT2D eigenvalue weighted by Gasteiger charge is -2.07. The van der Waals surface area contributed by atoms with Gasteiger partial charge in [-0.05, 0) is 24.6 Å². The molecule has 0 unspecified atom stereocenters. The number of aromatic carboxylic acids is 1. The quantitative estimate of drug-likeness (QED) is 0.614. The Balaban J connectivity index is 2.16. The molecule has 0 fully saturated rings. The number of carbonyl (C=O) groups excluding carboxylic acids is 1. The van der Waals surface area contributed by atoms with Crippen molar-refractivity contribution in [1.29, 1.82) is 0 Å². The molecule has 0 saturated heterocycles. The molecular weight excluding hydrogens is 286 g/mol. The van der Waals surface area contributed by atoms with Crippen molar-refractivity contribution in [3.05, 3.63) is 29.8 Å². The van der Waals surface area contributed by atoms with Crippen LogP contribution in [-0.4, -0.2) is 43.4 Å². The highest BCUT2D eigenvalue weighted by molar-refractivity contribution is 5.93. The van der Waals surface area contributed by atoms with Crippen molar-refractivity contribution in [2.24, 2.45) is 0 Å². The minimum atomic E-state index is -1.03. The van der Waals surface area contributed by atoms with Gasteiger partial charge in [0.2, 0.25) is 5.91 Å². The number of amides is 1. The Morgan fingerprint density at radius 3 is 2.55 bits per heavy atom. The van der Waals surface area contributed by atoms with Gasteiger partial charge in [-0.2, -0.15) is 0 Å². The highest BCUT2D eigenvalue weighted by Gasteiger charge is 2.06. The molecule has 1 aromatic carbocycles. The van der Waals surface area contributed by atoms with Crippen LogP contribution in [0.3, 0.4) is 0 Å². The number of ether oxygens (including phenoxy) is 2. The first-order valence-corrected chi connectivity index (χ1v) is 7.42. The second-order valence-corrected chi connectivity index (χ2v) is 4.76. The van der Waals surface area contributed by atoms with Gasteiger partial charge in [-0.25, -0.2) is 4.79 Å². The highest BCUT2D eigenvalue weighted by Crippen LogP contribution is 2.10. The van der Waals surface area contributed by atoms with Crippen LogP contribution in [0.5, 0.6) is 0 Å². The van der Waals surface area contributed by atoms with Gasteiger partial charge < -0.3 is 19.9 Å². The van der Waals surface area contributed by atoms with E-state index in [1.165, 1.54) is 12.1 Å². The van der Waals surface area contributed by atoms with Gasteiger partial charge in [-0.1, -0.05) is 19.4 Å². The number of anilines is 1. The van der Waals surface area contributed by atoms with Crippen LogP contribution in [0.4, 0.5) is 5.69 Å². The average Bonchev–Trinajstić information content (AvgIpc) is 2.50. The minimum Gasteiger partial charge on any atom is -0.478 e. The number of carboxylic acids is 1. The SMILES string of the molecule is CCCCOCCOCCC(=O)Nc1cccc(C(=O)O)c1. The maximum absolute atomic E-state index is 11.7. The summed E-state index contributed by atoms with van der Waals surface area (Å²) in [6, 6.07) is 6.12. The smallest absolute Gasteiger partial charge is 0.335 e. The lowest BCUT2D eigenvalue weighted by molar-refractivity contribution is -0.117. The van der Waals surface area contributed by atoms with Gasteiger partial charge in [-0.15, -0.1) is 0 Å². The van der Waals surface area contributed by atoms with Crippen molar-refractivity contribution < 1.29 is 24.2 Å². The fourth-order valence-electron chi connectivity index (χ4n) is 1.69. The molecule has 0 heterocycles. The van der Waals surface area contributed by atoms with E-state index in [0.29, 0.717) is 25.5 Å². The average molecular weight is 309 g/mol. The maximum Gasteiger partial charge on any atom is 0.335 e. The molecule has 0 spiro atoms. The highest BCUT2D eigenvalue weighted by atomic mass is 16.5. The van der Waals surface area contributed by atoms with E-state index in [2.05, 4.69) is 12.2 Å². The molecule has 0 aliphatic heterocycles. The number of carboxylic acid groups (broad SMARTS) is 1. The Labute approximate surface area is 130 Å². The van der Waals surface area contributed by atoms with Crippen LogP contribution in [0.1, 0.15) is 36.5 Å². The molecular formula is C16H23NO5. The number of rotatable bonds is 11. The Hall–Kier alpha value is -1.92. The second kappa shape index (κ2) is 10.8. The molecule has 6 heteroatoms. The molecule has 0 atom stereocenters. The normalized spacial score (nSPS) is 10.4. The van der Waals surface area contributed by atoms with Crippen molar-refractivity contribution in [3.8, 4) is 0 Å². The lowest BCUT2D eigenvalue weighted by atomic mass is 10.2. The number of benzene rings is 1. The van der Waals surface area contributed by atoms with E-state index in [9.17, 15) is 9.59 Å². The van der Waals surface area contributed by atoms with Crippen LogP contribution in [0.15, 0.2) is 24.3 Å². The first-order valence-electron chi connectivity index (χ1n) is 7.42. The van der Waals surface area contributed by atoms with E-state index < -0.39 is 5.97 Å². The number of hydrogen-bond acceptors (Lipinski definition) is 4.